The van der Waals surface area contributed by atoms with Gasteiger partial charge in [0.15, 0.2) is 0 Å². The van der Waals surface area contributed by atoms with Crippen molar-refractivity contribution < 1.29 is 9.53 Å². The summed E-state index contributed by atoms with van der Waals surface area (Å²) in [5.74, 6) is 1.24. The van der Waals surface area contributed by atoms with Gasteiger partial charge in [0.1, 0.15) is 0 Å². The minimum absolute atomic E-state index is 0.0949. The maximum atomic E-state index is 11.6. The Hall–Kier alpha value is -0.530. The zero-order valence-electron chi connectivity index (χ0n) is 11.8. The molecule has 0 radical (unpaired) electrons. The molecule has 16 heavy (non-hydrogen) atoms. The van der Waals surface area contributed by atoms with E-state index in [1.54, 1.807) is 0 Å². The summed E-state index contributed by atoms with van der Waals surface area (Å²) in [5, 5.41) is 0. The third-order valence-electron chi connectivity index (χ3n) is 3.18. The Kier molecular flexibility index (Phi) is 6.70. The summed E-state index contributed by atoms with van der Waals surface area (Å²) in [4.78, 5) is 11.6. The third kappa shape index (κ3) is 5.53. The van der Waals surface area contributed by atoms with Crippen LogP contribution in [-0.4, -0.2) is 13.1 Å². The quantitative estimate of drug-likeness (QED) is 0.615. The molecule has 0 bridgehead atoms. The molecule has 0 aromatic carbocycles. The van der Waals surface area contributed by atoms with Gasteiger partial charge in [-0.3, -0.25) is 4.79 Å². The highest BCUT2D eigenvalue weighted by atomic mass is 16.5. The van der Waals surface area contributed by atoms with Gasteiger partial charge in [0.25, 0.3) is 0 Å². The highest BCUT2D eigenvalue weighted by Crippen LogP contribution is 2.30. The van der Waals surface area contributed by atoms with Crippen LogP contribution in [0.4, 0.5) is 0 Å². The Balaban J connectivity index is 4.12. The molecule has 2 heteroatoms. The Morgan fingerprint density at radius 1 is 1.25 bits per heavy atom. The van der Waals surface area contributed by atoms with Crippen molar-refractivity contribution in [1.82, 2.24) is 0 Å². The monoisotopic (exact) mass is 228 g/mol. The van der Waals surface area contributed by atoms with Crippen molar-refractivity contribution in [2.24, 2.45) is 17.3 Å². The fraction of sp³-hybridized carbons (Fsp3) is 0.929. The van der Waals surface area contributed by atoms with E-state index in [-0.39, 0.29) is 11.4 Å². The minimum Gasteiger partial charge on any atom is -0.469 e. The first-order valence-electron chi connectivity index (χ1n) is 6.41. The topological polar surface area (TPSA) is 26.3 Å². The van der Waals surface area contributed by atoms with Crippen molar-refractivity contribution in [3.05, 3.63) is 0 Å². The first-order chi connectivity index (χ1) is 7.33. The van der Waals surface area contributed by atoms with Gasteiger partial charge in [-0.1, -0.05) is 33.6 Å². The van der Waals surface area contributed by atoms with Crippen LogP contribution in [0.1, 0.15) is 60.3 Å². The van der Waals surface area contributed by atoms with E-state index in [2.05, 4.69) is 20.8 Å². The Labute approximate surface area is 101 Å². The number of methoxy groups -OCH3 is 1. The van der Waals surface area contributed by atoms with Gasteiger partial charge in [-0.15, -0.1) is 0 Å². The van der Waals surface area contributed by atoms with Crippen molar-refractivity contribution >= 4 is 5.97 Å². The maximum absolute atomic E-state index is 11.6. The van der Waals surface area contributed by atoms with Crippen molar-refractivity contribution in [1.29, 1.82) is 0 Å². The summed E-state index contributed by atoms with van der Waals surface area (Å²) in [6.45, 7) is 10.7. The van der Waals surface area contributed by atoms with Gasteiger partial charge >= 0.3 is 5.97 Å². The predicted molar refractivity (Wildman–Crippen MR) is 68.3 cm³/mol. The fourth-order valence-electron chi connectivity index (χ4n) is 2.61. The van der Waals surface area contributed by atoms with Gasteiger partial charge in [-0.2, -0.15) is 0 Å². The smallest absolute Gasteiger partial charge is 0.311 e. The van der Waals surface area contributed by atoms with E-state index in [0.29, 0.717) is 5.92 Å². The fourth-order valence-corrected chi connectivity index (χ4v) is 2.61. The molecule has 2 unspecified atom stereocenters. The van der Waals surface area contributed by atoms with Crippen LogP contribution < -0.4 is 0 Å². The number of rotatable bonds is 7. The predicted octanol–water partition coefficient (Wildman–Crippen LogP) is 4.04. The van der Waals surface area contributed by atoms with E-state index in [9.17, 15) is 4.79 Å². The molecule has 0 aromatic heterocycles. The second kappa shape index (κ2) is 6.93. The first-order valence-corrected chi connectivity index (χ1v) is 6.41. The van der Waals surface area contributed by atoms with E-state index < -0.39 is 0 Å². The summed E-state index contributed by atoms with van der Waals surface area (Å²) in [6, 6.07) is 0. The van der Waals surface area contributed by atoms with E-state index in [4.69, 9.17) is 4.74 Å². The molecule has 96 valence electrons. The molecule has 0 aliphatic carbocycles. The van der Waals surface area contributed by atoms with Gasteiger partial charge in [0.2, 0.25) is 0 Å². The van der Waals surface area contributed by atoms with Gasteiger partial charge in [-0.05, 0) is 38.5 Å². The SMILES string of the molecule is CCCC(C)CC(C)CC(C)(C)C(=O)OC. The second-order valence-corrected chi connectivity index (χ2v) is 5.81. The van der Waals surface area contributed by atoms with E-state index in [0.717, 1.165) is 12.3 Å². The lowest BCUT2D eigenvalue weighted by atomic mass is 9.80. The largest absolute Gasteiger partial charge is 0.469 e. The summed E-state index contributed by atoms with van der Waals surface area (Å²) >= 11 is 0. The lowest BCUT2D eigenvalue weighted by Gasteiger charge is -2.26. The molecule has 0 saturated carbocycles. The average Bonchev–Trinajstić information content (AvgIpc) is 2.15. The molecule has 0 rings (SSSR count). The molecule has 2 nitrogen and oxygen atoms in total. The maximum Gasteiger partial charge on any atom is 0.311 e. The molecule has 2 atom stereocenters. The van der Waals surface area contributed by atoms with Crippen molar-refractivity contribution in [2.45, 2.75) is 60.3 Å². The van der Waals surface area contributed by atoms with Crippen LogP contribution in [0.15, 0.2) is 0 Å². The third-order valence-corrected chi connectivity index (χ3v) is 3.18. The van der Waals surface area contributed by atoms with Gasteiger partial charge in [-0.25, -0.2) is 0 Å². The van der Waals surface area contributed by atoms with Crippen LogP contribution in [-0.2, 0) is 9.53 Å². The van der Waals surface area contributed by atoms with Gasteiger partial charge in [0, 0.05) is 0 Å². The zero-order chi connectivity index (χ0) is 12.8. The molecule has 0 fully saturated rings. The lowest BCUT2D eigenvalue weighted by Crippen LogP contribution is -2.28. The lowest BCUT2D eigenvalue weighted by molar-refractivity contribution is -0.151. The number of esters is 1. The molecular formula is C14H28O2. The highest BCUT2D eigenvalue weighted by molar-refractivity contribution is 5.75. The Morgan fingerprint density at radius 3 is 2.25 bits per heavy atom. The van der Waals surface area contributed by atoms with Gasteiger partial charge < -0.3 is 4.74 Å². The second-order valence-electron chi connectivity index (χ2n) is 5.81. The molecule has 0 aliphatic heterocycles. The van der Waals surface area contributed by atoms with Crippen LogP contribution in [0.25, 0.3) is 0 Å². The number of hydrogen-bond donors (Lipinski definition) is 0. The van der Waals surface area contributed by atoms with Gasteiger partial charge in [0.05, 0.1) is 12.5 Å². The zero-order valence-corrected chi connectivity index (χ0v) is 11.8. The molecule has 0 spiro atoms. The van der Waals surface area contributed by atoms with E-state index >= 15 is 0 Å². The normalized spacial score (nSPS) is 15.6. The summed E-state index contributed by atoms with van der Waals surface area (Å²) in [6.07, 6.45) is 4.64. The van der Waals surface area contributed by atoms with Crippen molar-refractivity contribution in [3.8, 4) is 0 Å². The molecule has 0 saturated heterocycles. The van der Waals surface area contributed by atoms with Crippen LogP contribution in [0, 0.1) is 17.3 Å². The van der Waals surface area contributed by atoms with Crippen LogP contribution in [0.2, 0.25) is 0 Å². The number of hydrogen-bond acceptors (Lipinski definition) is 2. The summed E-state index contributed by atoms with van der Waals surface area (Å²) in [5.41, 5.74) is -0.347. The van der Waals surface area contributed by atoms with Crippen LogP contribution >= 0.6 is 0 Å². The van der Waals surface area contributed by atoms with Crippen molar-refractivity contribution in [2.75, 3.05) is 7.11 Å². The molecule has 0 N–H and O–H groups in total. The van der Waals surface area contributed by atoms with Crippen LogP contribution in [0.5, 0.6) is 0 Å². The average molecular weight is 228 g/mol. The number of carbonyl (C=O) groups is 1. The minimum atomic E-state index is -0.347. The number of ether oxygens (including phenoxy) is 1. The molecule has 0 amide bonds. The summed E-state index contributed by atoms with van der Waals surface area (Å²) in [7, 11) is 1.47. The number of carbonyl (C=O) groups excluding carboxylic acids is 1. The molecular weight excluding hydrogens is 200 g/mol. The molecule has 0 aromatic rings. The standard InChI is InChI=1S/C14H28O2/c1-7-8-11(2)9-12(3)10-14(4,5)13(15)16-6/h11-12H,7-10H2,1-6H3. The van der Waals surface area contributed by atoms with Crippen molar-refractivity contribution in [3.63, 3.8) is 0 Å². The highest BCUT2D eigenvalue weighted by Gasteiger charge is 2.30. The van der Waals surface area contributed by atoms with E-state index in [1.165, 1.54) is 26.4 Å². The Morgan fingerprint density at radius 2 is 1.81 bits per heavy atom. The van der Waals surface area contributed by atoms with E-state index in [1.807, 2.05) is 13.8 Å². The van der Waals surface area contributed by atoms with Crippen LogP contribution in [0.3, 0.4) is 0 Å². The molecule has 0 aliphatic rings. The first kappa shape index (κ1) is 15.5. The molecule has 0 heterocycles. The summed E-state index contributed by atoms with van der Waals surface area (Å²) < 4.78 is 4.83. The Bertz CT molecular complexity index is 209.